The van der Waals surface area contributed by atoms with E-state index in [0.717, 1.165) is 22.2 Å². The van der Waals surface area contributed by atoms with E-state index >= 15 is 0 Å². The first-order chi connectivity index (χ1) is 13.7. The molecule has 0 radical (unpaired) electrons. The van der Waals surface area contributed by atoms with Gasteiger partial charge in [-0.2, -0.15) is 0 Å². The van der Waals surface area contributed by atoms with Crippen molar-refractivity contribution < 1.29 is 13.9 Å². The zero-order chi connectivity index (χ0) is 19.3. The van der Waals surface area contributed by atoms with Gasteiger partial charge in [0.1, 0.15) is 12.4 Å². The second kappa shape index (κ2) is 8.23. The van der Waals surface area contributed by atoms with E-state index < -0.39 is 0 Å². The summed E-state index contributed by atoms with van der Waals surface area (Å²) in [7, 11) is 0. The summed E-state index contributed by atoms with van der Waals surface area (Å²) in [6.45, 7) is 0.698. The summed E-state index contributed by atoms with van der Waals surface area (Å²) in [5.41, 5.74) is 2.62. The summed E-state index contributed by atoms with van der Waals surface area (Å²) in [4.78, 5) is 15.7. The standard InChI is InChI=1S/C22H19ClN2O3/c23-16-6-7-20-19(12-16)15(13-25-20)8-10-24-22(26)18-9-11-27-21(18)14-28-17-4-2-1-3-5-17/h1-7,9,11-13,25H,8,10,14H2,(H,24,26). The highest BCUT2D eigenvalue weighted by atomic mass is 35.5. The van der Waals surface area contributed by atoms with Crippen molar-refractivity contribution in [3.8, 4) is 5.75 Å². The maximum absolute atomic E-state index is 12.5. The average molecular weight is 395 g/mol. The van der Waals surface area contributed by atoms with Gasteiger partial charge in [-0.1, -0.05) is 29.8 Å². The number of hydrogen-bond donors (Lipinski definition) is 2. The van der Waals surface area contributed by atoms with Crippen molar-refractivity contribution in [3.05, 3.63) is 89.0 Å². The molecule has 0 spiro atoms. The van der Waals surface area contributed by atoms with Crippen molar-refractivity contribution in [1.29, 1.82) is 0 Å². The second-order valence-electron chi connectivity index (χ2n) is 6.37. The molecule has 0 aliphatic carbocycles. The van der Waals surface area contributed by atoms with Gasteiger partial charge in [0.05, 0.1) is 11.8 Å². The van der Waals surface area contributed by atoms with E-state index in [1.165, 1.54) is 6.26 Å². The zero-order valence-electron chi connectivity index (χ0n) is 15.1. The minimum absolute atomic E-state index is 0.182. The van der Waals surface area contributed by atoms with E-state index in [2.05, 4.69) is 10.3 Å². The lowest BCUT2D eigenvalue weighted by atomic mass is 10.1. The van der Waals surface area contributed by atoms with Crippen LogP contribution < -0.4 is 10.1 Å². The van der Waals surface area contributed by atoms with Crippen LogP contribution in [0.1, 0.15) is 21.7 Å². The molecule has 28 heavy (non-hydrogen) atoms. The van der Waals surface area contributed by atoms with Gasteiger partial charge in [0.2, 0.25) is 0 Å². The van der Waals surface area contributed by atoms with E-state index in [4.69, 9.17) is 20.8 Å². The lowest BCUT2D eigenvalue weighted by Gasteiger charge is -2.07. The number of nitrogens with one attached hydrogen (secondary N) is 2. The molecule has 0 unspecified atom stereocenters. The van der Waals surface area contributed by atoms with E-state index in [1.807, 2.05) is 54.7 Å². The van der Waals surface area contributed by atoms with Crippen molar-refractivity contribution in [2.45, 2.75) is 13.0 Å². The number of benzene rings is 2. The highest BCUT2D eigenvalue weighted by molar-refractivity contribution is 6.31. The maximum atomic E-state index is 12.5. The smallest absolute Gasteiger partial charge is 0.254 e. The number of ether oxygens (including phenoxy) is 1. The van der Waals surface area contributed by atoms with Gasteiger partial charge in [0, 0.05) is 28.7 Å². The number of aromatic nitrogens is 1. The van der Waals surface area contributed by atoms with Gasteiger partial charge < -0.3 is 19.5 Å². The molecule has 0 bridgehead atoms. The molecule has 2 N–H and O–H groups in total. The summed E-state index contributed by atoms with van der Waals surface area (Å²) in [5, 5.41) is 4.70. The molecule has 0 fully saturated rings. The summed E-state index contributed by atoms with van der Waals surface area (Å²) in [6.07, 6.45) is 4.14. The number of fused-ring (bicyclic) bond motifs is 1. The van der Waals surface area contributed by atoms with Crippen molar-refractivity contribution in [2.24, 2.45) is 0 Å². The number of carbonyl (C=O) groups excluding carboxylic acids is 1. The fourth-order valence-electron chi connectivity index (χ4n) is 3.08. The van der Waals surface area contributed by atoms with Crippen LogP contribution in [0.4, 0.5) is 0 Å². The lowest BCUT2D eigenvalue weighted by molar-refractivity contribution is 0.0949. The third kappa shape index (κ3) is 4.05. The Bertz CT molecular complexity index is 1090. The predicted octanol–water partition coefficient (Wildman–Crippen LogP) is 4.97. The fraction of sp³-hybridized carbons (Fsp3) is 0.136. The first-order valence-electron chi connectivity index (χ1n) is 8.98. The molecular weight excluding hydrogens is 376 g/mol. The highest BCUT2D eigenvalue weighted by Gasteiger charge is 2.15. The molecule has 0 saturated carbocycles. The molecule has 0 atom stereocenters. The first-order valence-corrected chi connectivity index (χ1v) is 9.36. The molecule has 2 aromatic heterocycles. The summed E-state index contributed by atoms with van der Waals surface area (Å²) < 4.78 is 11.1. The molecule has 1 amide bonds. The predicted molar refractivity (Wildman–Crippen MR) is 109 cm³/mol. The van der Waals surface area contributed by atoms with Crippen LogP contribution >= 0.6 is 11.6 Å². The molecule has 6 heteroatoms. The topological polar surface area (TPSA) is 67.3 Å². The number of H-pyrrole nitrogens is 1. The Labute approximate surface area is 167 Å². The van der Waals surface area contributed by atoms with Crippen molar-refractivity contribution in [3.63, 3.8) is 0 Å². The zero-order valence-corrected chi connectivity index (χ0v) is 15.8. The summed E-state index contributed by atoms with van der Waals surface area (Å²) in [6, 6.07) is 16.8. The fourth-order valence-corrected chi connectivity index (χ4v) is 3.26. The Morgan fingerprint density at radius 2 is 2.00 bits per heavy atom. The Balaban J connectivity index is 1.35. The number of carbonyl (C=O) groups is 1. The lowest BCUT2D eigenvalue weighted by Crippen LogP contribution is -2.26. The van der Waals surface area contributed by atoms with Gasteiger partial charge in [-0.25, -0.2) is 0 Å². The van der Waals surface area contributed by atoms with Crippen LogP contribution in [-0.4, -0.2) is 17.4 Å². The minimum Gasteiger partial charge on any atom is -0.486 e. The number of amides is 1. The van der Waals surface area contributed by atoms with Crippen LogP contribution in [0.5, 0.6) is 5.75 Å². The maximum Gasteiger partial charge on any atom is 0.254 e. The molecule has 142 valence electrons. The van der Waals surface area contributed by atoms with E-state index in [-0.39, 0.29) is 12.5 Å². The van der Waals surface area contributed by atoms with Crippen molar-refractivity contribution >= 4 is 28.4 Å². The molecule has 4 aromatic rings. The highest BCUT2D eigenvalue weighted by Crippen LogP contribution is 2.22. The third-order valence-corrected chi connectivity index (χ3v) is 4.75. The molecule has 2 heterocycles. The molecule has 0 aliphatic rings. The van der Waals surface area contributed by atoms with Gasteiger partial charge in [-0.15, -0.1) is 0 Å². The summed E-state index contributed by atoms with van der Waals surface area (Å²) in [5.74, 6) is 1.04. The second-order valence-corrected chi connectivity index (χ2v) is 6.81. The number of rotatable bonds is 7. The molecule has 0 aliphatic heterocycles. The van der Waals surface area contributed by atoms with Crippen LogP contribution in [0.25, 0.3) is 10.9 Å². The van der Waals surface area contributed by atoms with E-state index in [0.29, 0.717) is 29.3 Å². The van der Waals surface area contributed by atoms with Gasteiger partial charge in [0.15, 0.2) is 5.76 Å². The van der Waals surface area contributed by atoms with Crippen LogP contribution in [0, 0.1) is 0 Å². The molecule has 2 aromatic carbocycles. The average Bonchev–Trinajstić information content (AvgIpc) is 3.34. The first kappa shape index (κ1) is 18.2. The number of hydrogen-bond acceptors (Lipinski definition) is 3. The van der Waals surface area contributed by atoms with Gasteiger partial charge in [0.25, 0.3) is 5.91 Å². The molecule has 0 saturated heterocycles. The van der Waals surface area contributed by atoms with Gasteiger partial charge in [-0.05, 0) is 48.4 Å². The Hall–Kier alpha value is -3.18. The Morgan fingerprint density at radius 3 is 2.86 bits per heavy atom. The largest absolute Gasteiger partial charge is 0.486 e. The molecule has 5 nitrogen and oxygen atoms in total. The number of para-hydroxylation sites is 1. The van der Waals surface area contributed by atoms with Crippen molar-refractivity contribution in [1.82, 2.24) is 10.3 Å². The number of halogens is 1. The monoisotopic (exact) mass is 394 g/mol. The van der Waals surface area contributed by atoms with Crippen LogP contribution in [0.15, 0.2) is 71.5 Å². The molecular formula is C22H19ClN2O3. The van der Waals surface area contributed by atoms with Gasteiger partial charge >= 0.3 is 0 Å². The Kier molecular flexibility index (Phi) is 5.35. The SMILES string of the molecule is O=C(NCCc1c[nH]c2ccc(Cl)cc12)c1ccoc1COc1ccccc1. The third-order valence-electron chi connectivity index (χ3n) is 4.51. The number of furan rings is 1. The summed E-state index contributed by atoms with van der Waals surface area (Å²) >= 11 is 6.09. The Morgan fingerprint density at radius 1 is 1.14 bits per heavy atom. The number of aromatic amines is 1. The van der Waals surface area contributed by atoms with Crippen LogP contribution in [0.2, 0.25) is 5.02 Å². The van der Waals surface area contributed by atoms with Gasteiger partial charge in [-0.3, -0.25) is 4.79 Å². The normalized spacial score (nSPS) is 10.9. The minimum atomic E-state index is -0.182. The van der Waals surface area contributed by atoms with E-state index in [1.54, 1.807) is 6.07 Å². The molecule has 4 rings (SSSR count). The van der Waals surface area contributed by atoms with Crippen LogP contribution in [-0.2, 0) is 13.0 Å². The van der Waals surface area contributed by atoms with E-state index in [9.17, 15) is 4.79 Å². The van der Waals surface area contributed by atoms with Crippen molar-refractivity contribution in [2.75, 3.05) is 6.54 Å². The quantitative estimate of drug-likeness (QED) is 0.465. The van der Waals surface area contributed by atoms with Crippen LogP contribution in [0.3, 0.4) is 0 Å².